The Morgan fingerprint density at radius 1 is 1.13 bits per heavy atom. The first-order chi connectivity index (χ1) is 14.7. The molecule has 31 heavy (non-hydrogen) atoms. The fraction of sp³-hybridized carbons (Fsp3) is 0.333. The van der Waals surface area contributed by atoms with Gasteiger partial charge in [0.2, 0.25) is 0 Å². The second-order valence-corrected chi connectivity index (χ2v) is 8.77. The van der Waals surface area contributed by atoms with Crippen LogP contribution in [0.2, 0.25) is 0 Å². The molecule has 0 aliphatic rings. The van der Waals surface area contributed by atoms with Gasteiger partial charge in [-0.1, -0.05) is 42.5 Å². The number of rotatable bonds is 7. The number of aromatic amines is 1. The topological polar surface area (TPSA) is 75.4 Å². The number of para-hydroxylation sites is 1. The van der Waals surface area contributed by atoms with Crippen molar-refractivity contribution in [2.75, 3.05) is 7.11 Å². The SMILES string of the molecule is COc1ccc(CNC(=S)C(Cc2c[nH]c3ccccc23)NC(=O)OC(C)(C)C)cc1. The highest BCUT2D eigenvalue weighted by atomic mass is 32.1. The molecule has 1 aromatic heterocycles. The molecule has 1 atom stereocenters. The molecule has 1 unspecified atom stereocenters. The predicted molar refractivity (Wildman–Crippen MR) is 128 cm³/mol. The van der Waals surface area contributed by atoms with Gasteiger partial charge in [-0.15, -0.1) is 0 Å². The van der Waals surface area contributed by atoms with Crippen molar-refractivity contribution in [3.8, 4) is 5.75 Å². The van der Waals surface area contributed by atoms with E-state index in [0.29, 0.717) is 18.0 Å². The number of thiocarbonyl (C=S) groups is 1. The number of alkyl carbamates (subject to hydrolysis) is 1. The Balaban J connectivity index is 1.73. The number of hydrogen-bond donors (Lipinski definition) is 3. The molecule has 164 valence electrons. The lowest BCUT2D eigenvalue weighted by atomic mass is 10.0. The number of fused-ring (bicyclic) bond motifs is 1. The van der Waals surface area contributed by atoms with Crippen molar-refractivity contribution in [1.82, 2.24) is 15.6 Å². The lowest BCUT2D eigenvalue weighted by Crippen LogP contribution is -2.48. The highest BCUT2D eigenvalue weighted by molar-refractivity contribution is 7.80. The Kier molecular flexibility index (Phi) is 7.17. The van der Waals surface area contributed by atoms with Gasteiger partial charge in [-0.25, -0.2) is 4.79 Å². The van der Waals surface area contributed by atoms with Gasteiger partial charge in [0.05, 0.1) is 18.1 Å². The normalized spacial score (nSPS) is 12.3. The van der Waals surface area contributed by atoms with Crippen LogP contribution in [0.3, 0.4) is 0 Å². The van der Waals surface area contributed by atoms with Crippen LogP contribution in [-0.2, 0) is 17.7 Å². The fourth-order valence-corrected chi connectivity index (χ4v) is 3.45. The lowest BCUT2D eigenvalue weighted by Gasteiger charge is -2.24. The maximum Gasteiger partial charge on any atom is 0.408 e. The molecular weight excluding hydrogens is 410 g/mol. The smallest absolute Gasteiger partial charge is 0.408 e. The quantitative estimate of drug-likeness (QED) is 0.464. The van der Waals surface area contributed by atoms with E-state index < -0.39 is 17.7 Å². The van der Waals surface area contributed by atoms with E-state index in [-0.39, 0.29) is 0 Å². The molecule has 0 aliphatic carbocycles. The van der Waals surface area contributed by atoms with Crippen molar-refractivity contribution in [1.29, 1.82) is 0 Å². The van der Waals surface area contributed by atoms with E-state index in [0.717, 1.165) is 27.8 Å². The molecule has 0 radical (unpaired) electrons. The van der Waals surface area contributed by atoms with Gasteiger partial charge in [-0.2, -0.15) is 0 Å². The Morgan fingerprint density at radius 2 is 1.84 bits per heavy atom. The molecule has 1 amide bonds. The standard InChI is InChI=1S/C24H29N3O3S/c1-24(2,3)30-23(28)27-21(13-17-15-25-20-8-6-5-7-19(17)20)22(31)26-14-16-9-11-18(29-4)12-10-16/h5-12,15,21,25H,13-14H2,1-4H3,(H,26,31)(H,27,28). The Hall–Kier alpha value is -3.06. The van der Waals surface area contributed by atoms with Crippen molar-refractivity contribution >= 4 is 34.2 Å². The third-order valence-electron chi connectivity index (χ3n) is 4.73. The number of nitrogens with one attached hydrogen (secondary N) is 3. The largest absolute Gasteiger partial charge is 0.497 e. The predicted octanol–water partition coefficient (Wildman–Crippen LogP) is 4.73. The van der Waals surface area contributed by atoms with Gasteiger partial charge in [-0.3, -0.25) is 0 Å². The molecule has 0 aliphatic heterocycles. The number of carbonyl (C=O) groups is 1. The summed E-state index contributed by atoms with van der Waals surface area (Å²) in [5.41, 5.74) is 2.59. The summed E-state index contributed by atoms with van der Waals surface area (Å²) in [6.45, 7) is 6.05. The molecule has 3 N–H and O–H groups in total. The third-order valence-corrected chi connectivity index (χ3v) is 5.16. The number of H-pyrrole nitrogens is 1. The first-order valence-electron chi connectivity index (χ1n) is 10.2. The molecule has 7 heteroatoms. The monoisotopic (exact) mass is 439 g/mol. The summed E-state index contributed by atoms with van der Waals surface area (Å²) in [5, 5.41) is 7.32. The van der Waals surface area contributed by atoms with E-state index in [1.165, 1.54) is 0 Å². The molecule has 0 fully saturated rings. The van der Waals surface area contributed by atoms with Gasteiger partial charge in [0.25, 0.3) is 0 Å². The van der Waals surface area contributed by atoms with Gasteiger partial charge >= 0.3 is 6.09 Å². The maximum atomic E-state index is 12.5. The number of ether oxygens (including phenoxy) is 2. The summed E-state index contributed by atoms with van der Waals surface area (Å²) in [5.74, 6) is 0.801. The zero-order valence-electron chi connectivity index (χ0n) is 18.3. The fourth-order valence-electron chi connectivity index (χ4n) is 3.24. The molecule has 3 aromatic rings. The molecule has 2 aromatic carbocycles. The maximum absolute atomic E-state index is 12.5. The zero-order chi connectivity index (χ0) is 22.4. The summed E-state index contributed by atoms with van der Waals surface area (Å²) in [6, 6.07) is 15.4. The number of benzene rings is 2. The van der Waals surface area contributed by atoms with Crippen molar-refractivity contribution in [2.45, 2.75) is 45.4 Å². The first-order valence-corrected chi connectivity index (χ1v) is 10.6. The minimum Gasteiger partial charge on any atom is -0.497 e. The Morgan fingerprint density at radius 3 is 2.52 bits per heavy atom. The minimum atomic E-state index is -0.590. The molecule has 0 saturated carbocycles. The summed E-state index contributed by atoms with van der Waals surface area (Å²) in [7, 11) is 1.64. The highest BCUT2D eigenvalue weighted by Crippen LogP contribution is 2.20. The van der Waals surface area contributed by atoms with Crippen LogP contribution in [0.25, 0.3) is 10.9 Å². The second-order valence-electron chi connectivity index (χ2n) is 8.33. The van der Waals surface area contributed by atoms with Crippen molar-refractivity contribution in [3.05, 3.63) is 65.9 Å². The summed E-state index contributed by atoms with van der Waals surface area (Å²) in [4.78, 5) is 16.3. The van der Waals surface area contributed by atoms with E-state index in [1.54, 1.807) is 7.11 Å². The van der Waals surface area contributed by atoms with Crippen LogP contribution >= 0.6 is 12.2 Å². The Labute approximate surface area is 188 Å². The van der Waals surface area contributed by atoms with Crippen molar-refractivity contribution in [3.63, 3.8) is 0 Å². The van der Waals surface area contributed by atoms with Crippen LogP contribution in [0, 0.1) is 0 Å². The van der Waals surface area contributed by atoms with E-state index in [9.17, 15) is 4.79 Å². The third kappa shape index (κ3) is 6.46. The minimum absolute atomic E-state index is 0.415. The van der Waals surface area contributed by atoms with Crippen LogP contribution in [-0.4, -0.2) is 34.8 Å². The van der Waals surface area contributed by atoms with Crippen LogP contribution in [0.5, 0.6) is 5.75 Å². The van der Waals surface area contributed by atoms with Gasteiger partial charge in [0.1, 0.15) is 11.4 Å². The van der Waals surface area contributed by atoms with Crippen molar-refractivity contribution < 1.29 is 14.3 Å². The van der Waals surface area contributed by atoms with Gasteiger partial charge < -0.3 is 25.1 Å². The van der Waals surface area contributed by atoms with Crippen LogP contribution in [0.4, 0.5) is 4.79 Å². The van der Waals surface area contributed by atoms with Crippen LogP contribution in [0.15, 0.2) is 54.7 Å². The molecule has 1 heterocycles. The number of aromatic nitrogens is 1. The zero-order valence-corrected chi connectivity index (χ0v) is 19.1. The van der Waals surface area contributed by atoms with Crippen LogP contribution in [0.1, 0.15) is 31.9 Å². The number of amides is 1. The van der Waals surface area contributed by atoms with Crippen LogP contribution < -0.4 is 15.4 Å². The van der Waals surface area contributed by atoms with E-state index in [4.69, 9.17) is 21.7 Å². The molecule has 0 bridgehead atoms. The Bertz CT molecular complexity index is 1040. The molecule has 3 rings (SSSR count). The molecule has 6 nitrogen and oxygen atoms in total. The highest BCUT2D eigenvalue weighted by Gasteiger charge is 2.23. The van der Waals surface area contributed by atoms with Gasteiger partial charge in [0.15, 0.2) is 0 Å². The average molecular weight is 440 g/mol. The summed E-state index contributed by atoms with van der Waals surface area (Å²) < 4.78 is 10.7. The van der Waals surface area contributed by atoms with Gasteiger partial charge in [0, 0.05) is 30.1 Å². The number of methoxy groups -OCH3 is 1. The van der Waals surface area contributed by atoms with E-state index in [1.807, 2.05) is 69.4 Å². The van der Waals surface area contributed by atoms with Crippen molar-refractivity contribution in [2.24, 2.45) is 0 Å². The summed E-state index contributed by atoms with van der Waals surface area (Å²) in [6.07, 6.45) is 2.00. The number of hydrogen-bond acceptors (Lipinski definition) is 4. The number of carbonyl (C=O) groups excluding carboxylic acids is 1. The molecular formula is C24H29N3O3S. The summed E-state index contributed by atoms with van der Waals surface area (Å²) >= 11 is 5.66. The van der Waals surface area contributed by atoms with E-state index in [2.05, 4.69) is 21.7 Å². The van der Waals surface area contributed by atoms with Gasteiger partial charge in [-0.05, 0) is 50.1 Å². The lowest BCUT2D eigenvalue weighted by molar-refractivity contribution is 0.0518. The average Bonchev–Trinajstić information content (AvgIpc) is 3.13. The van der Waals surface area contributed by atoms with E-state index >= 15 is 0 Å². The molecule has 0 saturated heterocycles. The molecule has 0 spiro atoms. The second kappa shape index (κ2) is 9.83. The first kappa shape index (κ1) is 22.6.